The van der Waals surface area contributed by atoms with Gasteiger partial charge in [0.2, 0.25) is 0 Å². The molecule has 0 aliphatic heterocycles. The maximum atomic E-state index is 8.19. The molecule has 0 aromatic carbocycles. The van der Waals surface area contributed by atoms with Crippen LogP contribution in [0.2, 0.25) is 0 Å². The minimum Gasteiger partial charge on any atom is -0.411 e. The molecule has 0 unspecified atom stereocenters. The van der Waals surface area contributed by atoms with Crippen molar-refractivity contribution in [1.29, 1.82) is 0 Å². The third-order valence-corrected chi connectivity index (χ3v) is 1.28. The van der Waals surface area contributed by atoms with Gasteiger partial charge >= 0.3 is 0 Å². The average Bonchev–Trinajstić information content (AvgIpc) is 1.94. The maximum absolute atomic E-state index is 8.19. The maximum Gasteiger partial charge on any atom is 0.0751 e. The van der Waals surface area contributed by atoms with Gasteiger partial charge in [0.05, 0.1) is 6.21 Å². The molecule has 52 valence electrons. The lowest BCUT2D eigenvalue weighted by Gasteiger charge is -1.93. The van der Waals surface area contributed by atoms with Crippen molar-refractivity contribution in [3.8, 4) is 0 Å². The van der Waals surface area contributed by atoms with E-state index >= 15 is 0 Å². The number of aryl methyl sites for hydroxylation is 1. The van der Waals surface area contributed by atoms with Gasteiger partial charge in [0.15, 0.2) is 0 Å². The van der Waals surface area contributed by atoms with E-state index in [1.807, 2.05) is 13.0 Å². The number of pyridine rings is 1. The highest BCUT2D eigenvalue weighted by Crippen LogP contribution is 2.00. The van der Waals surface area contributed by atoms with Crippen LogP contribution in [0.15, 0.2) is 23.6 Å². The molecule has 1 rings (SSSR count). The van der Waals surface area contributed by atoms with Gasteiger partial charge in [-0.15, -0.1) is 0 Å². The predicted molar refractivity (Wildman–Crippen MR) is 38.4 cm³/mol. The van der Waals surface area contributed by atoms with Crippen molar-refractivity contribution in [3.63, 3.8) is 0 Å². The van der Waals surface area contributed by atoms with Gasteiger partial charge in [-0.05, 0) is 18.6 Å². The highest BCUT2D eigenvalue weighted by atomic mass is 16.4. The highest BCUT2D eigenvalue weighted by molar-refractivity contribution is 5.80. The predicted octanol–water partition coefficient (Wildman–Crippen LogP) is 1.20. The molecule has 10 heavy (non-hydrogen) atoms. The number of hydrogen-bond donors (Lipinski definition) is 1. The first kappa shape index (κ1) is 6.74. The standard InChI is InChI=1S/C7H8N2O/c1-6-2-3-8-4-7(6)5-9-10/h2-5,10H,1H3/b9-5-. The highest BCUT2D eigenvalue weighted by Gasteiger charge is 1.90. The van der Waals surface area contributed by atoms with Crippen molar-refractivity contribution >= 4 is 6.21 Å². The van der Waals surface area contributed by atoms with Gasteiger partial charge < -0.3 is 5.21 Å². The Morgan fingerprint density at radius 2 is 2.50 bits per heavy atom. The molecule has 0 spiro atoms. The number of rotatable bonds is 1. The van der Waals surface area contributed by atoms with Gasteiger partial charge in [-0.25, -0.2) is 0 Å². The molecule has 0 fully saturated rings. The van der Waals surface area contributed by atoms with E-state index in [9.17, 15) is 0 Å². The first-order valence-corrected chi connectivity index (χ1v) is 2.92. The summed E-state index contributed by atoms with van der Waals surface area (Å²) in [5.74, 6) is 0. The zero-order valence-electron chi connectivity index (χ0n) is 5.65. The molecular formula is C7H8N2O. The Morgan fingerprint density at radius 1 is 1.70 bits per heavy atom. The molecule has 0 atom stereocenters. The summed E-state index contributed by atoms with van der Waals surface area (Å²) < 4.78 is 0. The second-order valence-electron chi connectivity index (χ2n) is 1.98. The molecule has 0 aliphatic rings. The fourth-order valence-electron chi connectivity index (χ4n) is 0.674. The van der Waals surface area contributed by atoms with E-state index in [1.54, 1.807) is 12.4 Å². The molecule has 1 heterocycles. The van der Waals surface area contributed by atoms with Crippen LogP contribution in [0.5, 0.6) is 0 Å². The first-order chi connectivity index (χ1) is 4.84. The Morgan fingerprint density at radius 3 is 3.10 bits per heavy atom. The summed E-state index contributed by atoms with van der Waals surface area (Å²) in [5.41, 5.74) is 1.89. The average molecular weight is 136 g/mol. The van der Waals surface area contributed by atoms with Gasteiger partial charge in [-0.2, -0.15) is 0 Å². The molecule has 0 aliphatic carbocycles. The van der Waals surface area contributed by atoms with Crippen molar-refractivity contribution < 1.29 is 5.21 Å². The van der Waals surface area contributed by atoms with E-state index in [1.165, 1.54) is 6.21 Å². The Kier molecular flexibility index (Phi) is 1.99. The van der Waals surface area contributed by atoms with Crippen LogP contribution in [0.4, 0.5) is 0 Å². The van der Waals surface area contributed by atoms with E-state index in [4.69, 9.17) is 5.21 Å². The van der Waals surface area contributed by atoms with Gasteiger partial charge in [0, 0.05) is 18.0 Å². The van der Waals surface area contributed by atoms with Crippen LogP contribution < -0.4 is 0 Å². The van der Waals surface area contributed by atoms with Gasteiger partial charge in [0.1, 0.15) is 0 Å². The van der Waals surface area contributed by atoms with Crippen molar-refractivity contribution in [1.82, 2.24) is 4.98 Å². The lowest BCUT2D eigenvalue weighted by atomic mass is 10.2. The molecule has 3 heteroatoms. The SMILES string of the molecule is Cc1ccncc1/C=N\O. The molecule has 0 radical (unpaired) electrons. The Bertz CT molecular complexity index is 245. The van der Waals surface area contributed by atoms with Crippen LogP contribution in [0.1, 0.15) is 11.1 Å². The third-order valence-electron chi connectivity index (χ3n) is 1.28. The van der Waals surface area contributed by atoms with Crippen LogP contribution in [0, 0.1) is 6.92 Å². The summed E-state index contributed by atoms with van der Waals surface area (Å²) in [7, 11) is 0. The lowest BCUT2D eigenvalue weighted by molar-refractivity contribution is 0.322. The molecule has 3 nitrogen and oxygen atoms in total. The van der Waals surface area contributed by atoms with E-state index in [2.05, 4.69) is 10.1 Å². The van der Waals surface area contributed by atoms with Crippen LogP contribution in [0.25, 0.3) is 0 Å². The number of oxime groups is 1. The molecule has 0 amide bonds. The second kappa shape index (κ2) is 2.96. The third kappa shape index (κ3) is 1.31. The normalized spacial score (nSPS) is 10.5. The smallest absolute Gasteiger partial charge is 0.0751 e. The molecule has 0 bridgehead atoms. The Balaban J connectivity index is 3.03. The Hall–Kier alpha value is -1.38. The Labute approximate surface area is 59.0 Å². The minimum atomic E-state index is 0.838. The fourth-order valence-corrected chi connectivity index (χ4v) is 0.674. The van der Waals surface area contributed by atoms with Crippen LogP contribution >= 0.6 is 0 Å². The number of aromatic nitrogens is 1. The summed E-state index contributed by atoms with van der Waals surface area (Å²) in [6, 6.07) is 1.86. The zero-order chi connectivity index (χ0) is 7.40. The number of nitrogens with zero attached hydrogens (tertiary/aromatic N) is 2. The number of hydrogen-bond acceptors (Lipinski definition) is 3. The summed E-state index contributed by atoms with van der Waals surface area (Å²) in [4.78, 5) is 3.86. The summed E-state index contributed by atoms with van der Waals surface area (Å²) in [5, 5.41) is 11.1. The quantitative estimate of drug-likeness (QED) is 0.358. The topological polar surface area (TPSA) is 45.5 Å². The largest absolute Gasteiger partial charge is 0.411 e. The zero-order valence-corrected chi connectivity index (χ0v) is 5.65. The summed E-state index contributed by atoms with van der Waals surface area (Å²) in [6.07, 6.45) is 4.71. The summed E-state index contributed by atoms with van der Waals surface area (Å²) in [6.45, 7) is 1.93. The van der Waals surface area contributed by atoms with Gasteiger partial charge in [-0.1, -0.05) is 5.16 Å². The summed E-state index contributed by atoms with van der Waals surface area (Å²) >= 11 is 0. The van der Waals surface area contributed by atoms with Crippen LogP contribution in [-0.2, 0) is 0 Å². The molecule has 0 saturated heterocycles. The molecule has 1 aromatic heterocycles. The van der Waals surface area contributed by atoms with Gasteiger partial charge in [0.25, 0.3) is 0 Å². The molecule has 1 N–H and O–H groups in total. The second-order valence-corrected chi connectivity index (χ2v) is 1.98. The van der Waals surface area contributed by atoms with Gasteiger partial charge in [-0.3, -0.25) is 4.98 Å². The fraction of sp³-hybridized carbons (Fsp3) is 0.143. The van der Waals surface area contributed by atoms with E-state index < -0.39 is 0 Å². The van der Waals surface area contributed by atoms with Crippen molar-refractivity contribution in [2.24, 2.45) is 5.16 Å². The monoisotopic (exact) mass is 136 g/mol. The van der Waals surface area contributed by atoms with E-state index in [0.717, 1.165) is 11.1 Å². The van der Waals surface area contributed by atoms with Crippen LogP contribution in [-0.4, -0.2) is 16.4 Å². The lowest BCUT2D eigenvalue weighted by Crippen LogP contribution is -1.86. The van der Waals surface area contributed by atoms with Crippen molar-refractivity contribution in [2.45, 2.75) is 6.92 Å². The first-order valence-electron chi connectivity index (χ1n) is 2.92. The molecule has 1 aromatic rings. The van der Waals surface area contributed by atoms with E-state index in [0.29, 0.717) is 0 Å². The van der Waals surface area contributed by atoms with Crippen molar-refractivity contribution in [2.75, 3.05) is 0 Å². The molecule has 0 saturated carbocycles. The van der Waals surface area contributed by atoms with Crippen molar-refractivity contribution in [3.05, 3.63) is 29.6 Å². The van der Waals surface area contributed by atoms with E-state index in [-0.39, 0.29) is 0 Å². The van der Waals surface area contributed by atoms with Crippen LogP contribution in [0.3, 0.4) is 0 Å². The molecular weight excluding hydrogens is 128 g/mol. The minimum absolute atomic E-state index is 0.838.